The van der Waals surface area contributed by atoms with Gasteiger partial charge in [-0.3, -0.25) is 4.90 Å². The van der Waals surface area contributed by atoms with Gasteiger partial charge in [0.15, 0.2) is 0 Å². The normalized spacial score (nSPS) is 30.0. The van der Waals surface area contributed by atoms with Gasteiger partial charge in [-0.2, -0.15) is 0 Å². The Bertz CT molecular complexity index is 431. The summed E-state index contributed by atoms with van der Waals surface area (Å²) < 4.78 is 0. The fraction of sp³-hybridized carbons (Fsp3) is 0.600. The quantitative estimate of drug-likeness (QED) is 0.915. The zero-order valence-corrected chi connectivity index (χ0v) is 12.7. The second kappa shape index (κ2) is 5.61. The van der Waals surface area contributed by atoms with Gasteiger partial charge in [-0.05, 0) is 44.9 Å². The Kier molecular flexibility index (Phi) is 4.04. The molecule has 2 heterocycles. The highest BCUT2D eigenvalue weighted by Gasteiger charge is 2.35. The zero-order chi connectivity index (χ0) is 13.4. The average Bonchev–Trinajstić information content (AvgIpc) is 2.72. The van der Waals surface area contributed by atoms with Crippen LogP contribution in [0.3, 0.4) is 0 Å². The Morgan fingerprint density at radius 1 is 1.16 bits per heavy atom. The minimum atomic E-state index is 0.645. The number of hydrogen-bond donors (Lipinski definition) is 1. The van der Waals surface area contributed by atoms with Crippen LogP contribution in [0.4, 0.5) is 0 Å². The summed E-state index contributed by atoms with van der Waals surface area (Å²) >= 11 is 12.5. The molecule has 1 aromatic carbocycles. The molecule has 0 radical (unpaired) electrons. The lowest BCUT2D eigenvalue weighted by atomic mass is 9.98. The molecule has 2 fully saturated rings. The molecule has 4 heteroatoms. The predicted molar refractivity (Wildman–Crippen MR) is 80.9 cm³/mol. The Morgan fingerprint density at radius 2 is 1.74 bits per heavy atom. The van der Waals surface area contributed by atoms with Crippen LogP contribution in [0.2, 0.25) is 10.0 Å². The molecule has 0 spiro atoms. The molecule has 0 saturated carbocycles. The maximum Gasteiger partial charge on any atom is 0.0465 e. The molecule has 0 aromatic heterocycles. The summed E-state index contributed by atoms with van der Waals surface area (Å²) in [6, 6.07) is 7.82. The third-order valence-corrected chi connectivity index (χ3v) is 5.25. The smallest absolute Gasteiger partial charge is 0.0465 e. The Hall–Kier alpha value is -0.280. The van der Waals surface area contributed by atoms with Gasteiger partial charge in [0.05, 0.1) is 0 Å². The van der Waals surface area contributed by atoms with E-state index in [2.05, 4.69) is 17.3 Å². The first-order chi connectivity index (χ1) is 9.13. The summed E-state index contributed by atoms with van der Waals surface area (Å²) in [7, 11) is 2.19. The van der Waals surface area contributed by atoms with Crippen molar-refractivity contribution in [3.05, 3.63) is 33.8 Å². The Labute approximate surface area is 125 Å². The molecular formula is C15H20Cl2N2. The molecule has 1 aromatic rings. The lowest BCUT2D eigenvalue weighted by Crippen LogP contribution is -2.46. The van der Waals surface area contributed by atoms with Gasteiger partial charge in [0.2, 0.25) is 0 Å². The van der Waals surface area contributed by atoms with Crippen LogP contribution in [0.25, 0.3) is 0 Å². The summed E-state index contributed by atoms with van der Waals surface area (Å²) in [4.78, 5) is 2.42. The molecule has 2 unspecified atom stereocenters. The van der Waals surface area contributed by atoms with E-state index < -0.39 is 0 Å². The molecule has 2 atom stereocenters. The highest BCUT2D eigenvalue weighted by atomic mass is 35.5. The molecule has 2 saturated heterocycles. The zero-order valence-electron chi connectivity index (χ0n) is 11.2. The van der Waals surface area contributed by atoms with E-state index in [1.165, 1.54) is 25.7 Å². The fourth-order valence-electron chi connectivity index (χ4n) is 3.45. The molecule has 1 N–H and O–H groups in total. The van der Waals surface area contributed by atoms with Crippen LogP contribution in [0.5, 0.6) is 0 Å². The number of nitrogens with one attached hydrogen (secondary N) is 1. The molecule has 2 nitrogen and oxygen atoms in total. The standard InChI is InChI=1S/C15H20Cl2N2/c1-19(9-13-14(16)3-2-4-15(13)17)12-7-10-5-6-11(8-12)18-10/h2-4,10-12,18H,5-9H2,1H3. The molecular weight excluding hydrogens is 279 g/mol. The maximum absolute atomic E-state index is 6.26. The van der Waals surface area contributed by atoms with Gasteiger partial charge in [-0.1, -0.05) is 29.3 Å². The van der Waals surface area contributed by atoms with Gasteiger partial charge >= 0.3 is 0 Å². The average molecular weight is 299 g/mol. The van der Waals surface area contributed by atoms with E-state index in [1.54, 1.807) is 0 Å². The van der Waals surface area contributed by atoms with Crippen molar-refractivity contribution in [2.45, 2.75) is 50.4 Å². The number of hydrogen-bond acceptors (Lipinski definition) is 2. The minimum absolute atomic E-state index is 0.645. The van der Waals surface area contributed by atoms with Crippen molar-refractivity contribution in [3.63, 3.8) is 0 Å². The van der Waals surface area contributed by atoms with E-state index in [0.717, 1.165) is 22.2 Å². The van der Waals surface area contributed by atoms with Crippen LogP contribution in [-0.2, 0) is 6.54 Å². The van der Waals surface area contributed by atoms with Crippen molar-refractivity contribution in [2.75, 3.05) is 7.05 Å². The van der Waals surface area contributed by atoms with Gasteiger partial charge < -0.3 is 5.32 Å². The van der Waals surface area contributed by atoms with Crippen molar-refractivity contribution in [3.8, 4) is 0 Å². The third-order valence-electron chi connectivity index (χ3n) is 4.54. The summed E-state index contributed by atoms with van der Waals surface area (Å²) in [6.07, 6.45) is 5.16. The van der Waals surface area contributed by atoms with E-state index >= 15 is 0 Å². The molecule has 2 bridgehead atoms. The van der Waals surface area contributed by atoms with Crippen molar-refractivity contribution in [1.29, 1.82) is 0 Å². The van der Waals surface area contributed by atoms with Gasteiger partial charge in [0, 0.05) is 40.3 Å². The van der Waals surface area contributed by atoms with Gasteiger partial charge in [0.1, 0.15) is 0 Å². The third kappa shape index (κ3) is 2.92. The summed E-state index contributed by atoms with van der Waals surface area (Å²) in [5.74, 6) is 0. The van der Waals surface area contributed by atoms with E-state index in [4.69, 9.17) is 23.2 Å². The minimum Gasteiger partial charge on any atom is -0.311 e. The number of benzene rings is 1. The van der Waals surface area contributed by atoms with Crippen LogP contribution in [0.1, 0.15) is 31.2 Å². The fourth-order valence-corrected chi connectivity index (χ4v) is 3.97. The first kappa shape index (κ1) is 13.7. The Morgan fingerprint density at radius 3 is 2.32 bits per heavy atom. The van der Waals surface area contributed by atoms with Crippen LogP contribution < -0.4 is 5.32 Å². The van der Waals surface area contributed by atoms with E-state index in [1.807, 2.05) is 18.2 Å². The SMILES string of the molecule is CN(Cc1c(Cl)cccc1Cl)C1CC2CCC(C1)N2. The summed E-state index contributed by atoms with van der Waals surface area (Å²) in [6.45, 7) is 0.836. The van der Waals surface area contributed by atoms with Crippen LogP contribution >= 0.6 is 23.2 Å². The first-order valence-electron chi connectivity index (χ1n) is 7.02. The first-order valence-corrected chi connectivity index (χ1v) is 7.78. The highest BCUT2D eigenvalue weighted by molar-refractivity contribution is 6.35. The number of nitrogens with zero attached hydrogens (tertiary/aromatic N) is 1. The number of fused-ring (bicyclic) bond motifs is 2. The second-order valence-corrected chi connectivity index (χ2v) is 6.69. The lowest BCUT2D eigenvalue weighted by molar-refractivity contribution is 0.166. The summed E-state index contributed by atoms with van der Waals surface area (Å²) in [5, 5.41) is 5.23. The highest BCUT2D eigenvalue weighted by Crippen LogP contribution is 2.31. The number of piperidine rings is 1. The summed E-state index contributed by atoms with van der Waals surface area (Å²) in [5.41, 5.74) is 1.05. The van der Waals surface area contributed by atoms with Gasteiger partial charge in [-0.15, -0.1) is 0 Å². The molecule has 3 rings (SSSR count). The van der Waals surface area contributed by atoms with Crippen LogP contribution in [-0.4, -0.2) is 30.1 Å². The van der Waals surface area contributed by atoms with E-state index in [0.29, 0.717) is 18.1 Å². The molecule has 2 aliphatic heterocycles. The van der Waals surface area contributed by atoms with Crippen LogP contribution in [0, 0.1) is 0 Å². The Balaban J connectivity index is 1.69. The number of rotatable bonds is 3. The van der Waals surface area contributed by atoms with E-state index in [-0.39, 0.29) is 0 Å². The molecule has 0 amide bonds. The van der Waals surface area contributed by atoms with Crippen molar-refractivity contribution in [1.82, 2.24) is 10.2 Å². The monoisotopic (exact) mass is 298 g/mol. The van der Waals surface area contributed by atoms with Gasteiger partial charge in [0.25, 0.3) is 0 Å². The predicted octanol–water partition coefficient (Wildman–Crippen LogP) is 3.71. The maximum atomic E-state index is 6.26. The molecule has 0 aliphatic carbocycles. The largest absolute Gasteiger partial charge is 0.311 e. The number of halogens is 2. The van der Waals surface area contributed by atoms with Crippen molar-refractivity contribution >= 4 is 23.2 Å². The topological polar surface area (TPSA) is 15.3 Å². The second-order valence-electron chi connectivity index (χ2n) is 5.88. The van der Waals surface area contributed by atoms with Crippen molar-refractivity contribution in [2.24, 2.45) is 0 Å². The molecule has 2 aliphatic rings. The lowest BCUT2D eigenvalue weighted by Gasteiger charge is -2.35. The van der Waals surface area contributed by atoms with Crippen LogP contribution in [0.15, 0.2) is 18.2 Å². The molecule has 19 heavy (non-hydrogen) atoms. The molecule has 104 valence electrons. The van der Waals surface area contributed by atoms with Gasteiger partial charge in [-0.25, -0.2) is 0 Å². The van der Waals surface area contributed by atoms with Crippen molar-refractivity contribution < 1.29 is 0 Å². The van der Waals surface area contributed by atoms with E-state index in [9.17, 15) is 0 Å².